The van der Waals surface area contributed by atoms with Gasteiger partial charge in [-0.3, -0.25) is 0 Å². The van der Waals surface area contributed by atoms with Crippen molar-refractivity contribution in [1.29, 1.82) is 0 Å². The molecule has 0 spiro atoms. The number of hydrogen-bond donors (Lipinski definition) is 2. The van der Waals surface area contributed by atoms with Gasteiger partial charge in [-0.2, -0.15) is 0 Å². The average Bonchev–Trinajstić information content (AvgIpc) is 2.70. The Morgan fingerprint density at radius 2 is 2.40 bits per heavy atom. The van der Waals surface area contributed by atoms with Crippen LogP contribution < -0.4 is 5.32 Å². The van der Waals surface area contributed by atoms with Crippen LogP contribution in [0.1, 0.15) is 24.5 Å². The quantitative estimate of drug-likeness (QED) is 0.796. The standard InChI is InChI=1S/C12H16FNO/c13-11-3-1-2-10(7-11)12(15)6-9-4-5-14-8-9/h1-3,7,9,12,14-15H,4-6,8H2. The predicted octanol–water partition coefficient (Wildman–Crippen LogP) is 1.86. The SMILES string of the molecule is OC(CC1CCNC1)c1cccc(F)c1. The molecular weight excluding hydrogens is 193 g/mol. The second-order valence-corrected chi connectivity index (χ2v) is 4.17. The van der Waals surface area contributed by atoms with E-state index in [-0.39, 0.29) is 5.82 Å². The number of hydrogen-bond acceptors (Lipinski definition) is 2. The Bertz CT molecular complexity index is 323. The van der Waals surface area contributed by atoms with Crippen LogP contribution in [-0.2, 0) is 0 Å². The second kappa shape index (κ2) is 4.73. The molecule has 0 saturated carbocycles. The van der Waals surface area contributed by atoms with Gasteiger partial charge in [0, 0.05) is 0 Å². The van der Waals surface area contributed by atoms with Crippen molar-refractivity contribution in [3.05, 3.63) is 35.6 Å². The summed E-state index contributed by atoms with van der Waals surface area (Å²) in [6.07, 6.45) is 1.29. The lowest BCUT2D eigenvalue weighted by molar-refractivity contribution is 0.147. The van der Waals surface area contributed by atoms with E-state index in [9.17, 15) is 9.50 Å². The Hall–Kier alpha value is -0.930. The zero-order valence-electron chi connectivity index (χ0n) is 8.62. The van der Waals surface area contributed by atoms with Gasteiger partial charge in [0.15, 0.2) is 0 Å². The van der Waals surface area contributed by atoms with Crippen LogP contribution in [0.25, 0.3) is 0 Å². The summed E-state index contributed by atoms with van der Waals surface area (Å²) in [5, 5.41) is 13.2. The average molecular weight is 209 g/mol. The molecule has 1 saturated heterocycles. The van der Waals surface area contributed by atoms with Gasteiger partial charge in [-0.25, -0.2) is 4.39 Å². The molecule has 2 unspecified atom stereocenters. The van der Waals surface area contributed by atoms with Gasteiger partial charge in [0.05, 0.1) is 6.10 Å². The van der Waals surface area contributed by atoms with Gasteiger partial charge >= 0.3 is 0 Å². The van der Waals surface area contributed by atoms with Crippen molar-refractivity contribution in [1.82, 2.24) is 5.32 Å². The van der Waals surface area contributed by atoms with Gasteiger partial charge in [-0.05, 0) is 49.5 Å². The Balaban J connectivity index is 1.97. The first kappa shape index (κ1) is 10.6. The fraction of sp³-hybridized carbons (Fsp3) is 0.500. The van der Waals surface area contributed by atoms with Gasteiger partial charge in [-0.1, -0.05) is 12.1 Å². The molecule has 82 valence electrons. The van der Waals surface area contributed by atoms with Crippen molar-refractivity contribution in [2.75, 3.05) is 13.1 Å². The van der Waals surface area contributed by atoms with Crippen molar-refractivity contribution < 1.29 is 9.50 Å². The summed E-state index contributed by atoms with van der Waals surface area (Å²) in [6, 6.07) is 6.22. The fourth-order valence-electron chi connectivity index (χ4n) is 2.08. The monoisotopic (exact) mass is 209 g/mol. The summed E-state index contributed by atoms with van der Waals surface area (Å²) in [4.78, 5) is 0. The number of aliphatic hydroxyl groups excluding tert-OH is 1. The van der Waals surface area contributed by atoms with Crippen molar-refractivity contribution in [2.45, 2.75) is 18.9 Å². The van der Waals surface area contributed by atoms with Crippen LogP contribution in [0.5, 0.6) is 0 Å². The van der Waals surface area contributed by atoms with Crippen LogP contribution >= 0.6 is 0 Å². The molecule has 0 bridgehead atoms. The smallest absolute Gasteiger partial charge is 0.123 e. The van der Waals surface area contributed by atoms with Crippen LogP contribution in [-0.4, -0.2) is 18.2 Å². The minimum atomic E-state index is -0.536. The third kappa shape index (κ3) is 2.76. The minimum Gasteiger partial charge on any atom is -0.388 e. The summed E-state index contributed by atoms with van der Waals surface area (Å²) >= 11 is 0. The molecule has 1 aliphatic rings. The van der Waals surface area contributed by atoms with Crippen molar-refractivity contribution in [3.63, 3.8) is 0 Å². The van der Waals surface area contributed by atoms with Gasteiger partial charge in [0.2, 0.25) is 0 Å². The normalized spacial score (nSPS) is 22.9. The Morgan fingerprint density at radius 1 is 1.53 bits per heavy atom. The molecule has 0 radical (unpaired) electrons. The predicted molar refractivity (Wildman–Crippen MR) is 57.0 cm³/mol. The van der Waals surface area contributed by atoms with E-state index in [0.29, 0.717) is 11.5 Å². The van der Waals surface area contributed by atoms with Crippen molar-refractivity contribution in [3.8, 4) is 0 Å². The van der Waals surface area contributed by atoms with Crippen molar-refractivity contribution >= 4 is 0 Å². The van der Waals surface area contributed by atoms with Crippen LogP contribution in [0.4, 0.5) is 4.39 Å². The summed E-state index contributed by atoms with van der Waals surface area (Å²) in [5.74, 6) is 0.236. The maximum atomic E-state index is 12.9. The molecule has 2 atom stereocenters. The van der Waals surface area contributed by atoms with E-state index in [2.05, 4.69) is 5.32 Å². The second-order valence-electron chi connectivity index (χ2n) is 4.17. The number of benzene rings is 1. The number of halogens is 1. The van der Waals surface area contributed by atoms with E-state index in [1.54, 1.807) is 12.1 Å². The molecule has 1 aromatic carbocycles. The summed E-state index contributed by atoms with van der Waals surface area (Å²) in [5.41, 5.74) is 0.682. The molecule has 15 heavy (non-hydrogen) atoms. The Kier molecular flexibility index (Phi) is 3.34. The van der Waals surface area contributed by atoms with E-state index in [1.165, 1.54) is 12.1 Å². The van der Waals surface area contributed by atoms with Crippen LogP contribution in [0.3, 0.4) is 0 Å². The highest BCUT2D eigenvalue weighted by Crippen LogP contribution is 2.24. The van der Waals surface area contributed by atoms with E-state index in [4.69, 9.17) is 0 Å². The largest absolute Gasteiger partial charge is 0.388 e. The van der Waals surface area contributed by atoms with E-state index >= 15 is 0 Å². The molecule has 1 aromatic rings. The maximum absolute atomic E-state index is 12.9. The highest BCUT2D eigenvalue weighted by molar-refractivity contribution is 5.18. The topological polar surface area (TPSA) is 32.3 Å². The van der Waals surface area contributed by atoms with E-state index in [0.717, 1.165) is 25.9 Å². The molecule has 1 heterocycles. The molecule has 0 amide bonds. The van der Waals surface area contributed by atoms with Crippen LogP contribution in [0.2, 0.25) is 0 Å². The summed E-state index contributed by atoms with van der Waals surface area (Å²) in [6.45, 7) is 1.99. The molecule has 1 fully saturated rings. The lowest BCUT2D eigenvalue weighted by Crippen LogP contribution is -2.12. The molecule has 0 aromatic heterocycles. The first-order valence-corrected chi connectivity index (χ1v) is 5.40. The molecule has 0 aliphatic carbocycles. The first-order valence-electron chi connectivity index (χ1n) is 5.40. The molecule has 2 rings (SSSR count). The number of nitrogens with one attached hydrogen (secondary N) is 1. The molecule has 3 heteroatoms. The zero-order valence-corrected chi connectivity index (χ0v) is 8.62. The minimum absolute atomic E-state index is 0.281. The fourth-order valence-corrected chi connectivity index (χ4v) is 2.08. The molecule has 1 aliphatic heterocycles. The lowest BCUT2D eigenvalue weighted by atomic mass is 9.96. The summed E-state index contributed by atoms with van der Waals surface area (Å²) < 4.78 is 12.9. The van der Waals surface area contributed by atoms with Crippen LogP contribution in [0.15, 0.2) is 24.3 Å². The van der Waals surface area contributed by atoms with Gasteiger partial charge in [0.25, 0.3) is 0 Å². The molecule has 2 nitrogen and oxygen atoms in total. The van der Waals surface area contributed by atoms with E-state index in [1.807, 2.05) is 0 Å². The third-order valence-corrected chi connectivity index (χ3v) is 2.95. The highest BCUT2D eigenvalue weighted by Gasteiger charge is 2.19. The molecular formula is C12H16FNO. The zero-order chi connectivity index (χ0) is 10.7. The summed E-state index contributed by atoms with van der Waals surface area (Å²) in [7, 11) is 0. The highest BCUT2D eigenvalue weighted by atomic mass is 19.1. The third-order valence-electron chi connectivity index (χ3n) is 2.95. The van der Waals surface area contributed by atoms with Gasteiger partial charge in [-0.15, -0.1) is 0 Å². The van der Waals surface area contributed by atoms with Gasteiger partial charge < -0.3 is 10.4 Å². The Morgan fingerprint density at radius 3 is 3.07 bits per heavy atom. The van der Waals surface area contributed by atoms with E-state index < -0.39 is 6.10 Å². The maximum Gasteiger partial charge on any atom is 0.123 e. The van der Waals surface area contributed by atoms with Gasteiger partial charge in [0.1, 0.15) is 5.82 Å². The first-order chi connectivity index (χ1) is 7.25. The van der Waals surface area contributed by atoms with Crippen LogP contribution in [0, 0.1) is 11.7 Å². The van der Waals surface area contributed by atoms with Crippen molar-refractivity contribution in [2.24, 2.45) is 5.92 Å². The molecule has 2 N–H and O–H groups in total. The lowest BCUT2D eigenvalue weighted by Gasteiger charge is -2.15. The Labute approximate surface area is 89.1 Å². The number of rotatable bonds is 3. The number of aliphatic hydroxyl groups is 1.